The number of nitro benzene ring substituents is 1. The van der Waals surface area contributed by atoms with Gasteiger partial charge in [0.2, 0.25) is 0 Å². The first-order chi connectivity index (χ1) is 16.3. The average Bonchev–Trinajstić information content (AvgIpc) is 3.23. The first-order valence-electron chi connectivity index (χ1n) is 10.2. The van der Waals surface area contributed by atoms with Gasteiger partial charge in [-0.05, 0) is 30.2 Å². The fourth-order valence-electron chi connectivity index (χ4n) is 3.49. The Bertz CT molecular complexity index is 1520. The van der Waals surface area contributed by atoms with Gasteiger partial charge < -0.3 is 4.98 Å². The van der Waals surface area contributed by atoms with Gasteiger partial charge in [0.1, 0.15) is 4.90 Å². The Hall–Kier alpha value is -3.89. The van der Waals surface area contributed by atoms with Crippen molar-refractivity contribution in [1.82, 2.24) is 4.98 Å². The van der Waals surface area contributed by atoms with E-state index in [-0.39, 0.29) is 27.0 Å². The monoisotopic (exact) mass is 497 g/mol. The number of nitrogens with one attached hydrogen (secondary N) is 3. The van der Waals surface area contributed by atoms with Crippen molar-refractivity contribution in [3.8, 4) is 0 Å². The summed E-state index contributed by atoms with van der Waals surface area (Å²) in [6, 6.07) is 15.7. The maximum absolute atomic E-state index is 13.1. The SMILES string of the molecule is CCc1cccc2c(/C=N/Nc3ccc([N+](=O)[O-])cc3S(=O)(=O)Nc3ccccc3Cl)c[nH]c12. The van der Waals surface area contributed by atoms with Gasteiger partial charge in [-0.15, -0.1) is 0 Å². The van der Waals surface area contributed by atoms with Crippen LogP contribution < -0.4 is 10.1 Å². The summed E-state index contributed by atoms with van der Waals surface area (Å²) in [5.74, 6) is 0. The van der Waals surface area contributed by atoms with Crippen LogP contribution in [0, 0.1) is 10.1 Å². The van der Waals surface area contributed by atoms with Crippen LogP contribution in [0.4, 0.5) is 17.1 Å². The molecule has 4 rings (SSSR count). The van der Waals surface area contributed by atoms with Crippen molar-refractivity contribution < 1.29 is 13.3 Å². The molecule has 0 atom stereocenters. The van der Waals surface area contributed by atoms with Crippen LogP contribution in [0.25, 0.3) is 10.9 Å². The highest BCUT2D eigenvalue weighted by molar-refractivity contribution is 7.93. The summed E-state index contributed by atoms with van der Waals surface area (Å²) in [5, 5.41) is 16.6. The lowest BCUT2D eigenvalue weighted by atomic mass is 10.1. The van der Waals surface area contributed by atoms with Crippen LogP contribution in [0.2, 0.25) is 5.02 Å². The van der Waals surface area contributed by atoms with Crippen molar-refractivity contribution in [2.75, 3.05) is 10.1 Å². The molecular weight excluding hydrogens is 478 g/mol. The maximum Gasteiger partial charge on any atom is 0.270 e. The molecule has 0 spiro atoms. The molecule has 3 N–H and O–H groups in total. The molecule has 1 aromatic heterocycles. The number of hydrogen-bond donors (Lipinski definition) is 3. The molecule has 34 heavy (non-hydrogen) atoms. The molecule has 0 aliphatic heterocycles. The number of aromatic nitrogens is 1. The quantitative estimate of drug-likeness (QED) is 0.167. The molecule has 0 saturated heterocycles. The Morgan fingerprint density at radius 2 is 1.91 bits per heavy atom. The topological polar surface area (TPSA) is 129 Å². The number of para-hydroxylation sites is 2. The molecule has 0 unspecified atom stereocenters. The Kier molecular flexibility index (Phi) is 6.53. The van der Waals surface area contributed by atoms with E-state index in [4.69, 9.17) is 11.6 Å². The second kappa shape index (κ2) is 9.54. The summed E-state index contributed by atoms with van der Waals surface area (Å²) in [6.45, 7) is 2.07. The zero-order valence-corrected chi connectivity index (χ0v) is 19.5. The van der Waals surface area contributed by atoms with Gasteiger partial charge in [0.25, 0.3) is 15.7 Å². The van der Waals surface area contributed by atoms with Gasteiger partial charge in [0, 0.05) is 34.8 Å². The first kappa shape index (κ1) is 23.3. The zero-order valence-electron chi connectivity index (χ0n) is 17.9. The number of aromatic amines is 1. The Morgan fingerprint density at radius 3 is 2.65 bits per heavy atom. The molecule has 0 aliphatic carbocycles. The molecule has 0 aliphatic rings. The van der Waals surface area contributed by atoms with E-state index in [9.17, 15) is 18.5 Å². The number of nitro groups is 1. The second-order valence-corrected chi connectivity index (χ2v) is 9.39. The van der Waals surface area contributed by atoms with E-state index in [0.29, 0.717) is 0 Å². The number of anilines is 2. The number of hydrogen-bond acceptors (Lipinski definition) is 6. The van der Waals surface area contributed by atoms with Gasteiger partial charge in [-0.3, -0.25) is 20.3 Å². The van der Waals surface area contributed by atoms with E-state index in [0.717, 1.165) is 29.0 Å². The average molecular weight is 498 g/mol. The van der Waals surface area contributed by atoms with Crippen LogP contribution in [-0.2, 0) is 16.4 Å². The fourth-order valence-corrected chi connectivity index (χ4v) is 4.99. The number of sulfonamides is 1. The standard InChI is InChI=1S/C23H20ClN5O4S/c1-2-15-6-5-7-18-16(13-25-23(15)18)14-26-27-21-11-10-17(29(30)31)12-22(21)34(32,33)28-20-9-4-3-8-19(20)24/h3-14,25,27-28H,2H2,1H3/b26-14+. The number of benzene rings is 3. The summed E-state index contributed by atoms with van der Waals surface area (Å²) in [6.07, 6.45) is 4.23. The minimum atomic E-state index is -4.23. The number of halogens is 1. The van der Waals surface area contributed by atoms with Gasteiger partial charge in [0.05, 0.1) is 27.5 Å². The summed E-state index contributed by atoms with van der Waals surface area (Å²) in [5.41, 5.74) is 5.51. The van der Waals surface area contributed by atoms with Gasteiger partial charge in [-0.1, -0.05) is 48.9 Å². The minimum Gasteiger partial charge on any atom is -0.360 e. The molecule has 4 aromatic rings. The second-order valence-electron chi connectivity index (χ2n) is 7.33. The van der Waals surface area contributed by atoms with E-state index in [1.165, 1.54) is 29.8 Å². The van der Waals surface area contributed by atoms with E-state index in [1.54, 1.807) is 24.5 Å². The lowest BCUT2D eigenvalue weighted by Crippen LogP contribution is -2.15. The number of non-ortho nitro benzene ring substituents is 1. The van der Waals surface area contributed by atoms with Crippen LogP contribution in [0.5, 0.6) is 0 Å². The Morgan fingerprint density at radius 1 is 1.12 bits per heavy atom. The number of rotatable bonds is 8. The molecular formula is C23H20ClN5O4S. The van der Waals surface area contributed by atoms with Crippen LogP contribution in [-0.4, -0.2) is 24.5 Å². The van der Waals surface area contributed by atoms with Gasteiger partial charge in [-0.2, -0.15) is 5.10 Å². The molecule has 174 valence electrons. The lowest BCUT2D eigenvalue weighted by molar-refractivity contribution is -0.385. The molecule has 0 bridgehead atoms. The number of H-pyrrole nitrogens is 1. The number of hydrazone groups is 1. The van der Waals surface area contributed by atoms with E-state index >= 15 is 0 Å². The highest BCUT2D eigenvalue weighted by Crippen LogP contribution is 2.30. The van der Waals surface area contributed by atoms with Crippen molar-refractivity contribution in [3.63, 3.8) is 0 Å². The highest BCUT2D eigenvalue weighted by atomic mass is 35.5. The molecule has 0 amide bonds. The van der Waals surface area contributed by atoms with Crippen LogP contribution in [0.1, 0.15) is 18.1 Å². The lowest BCUT2D eigenvalue weighted by Gasteiger charge is -2.12. The van der Waals surface area contributed by atoms with Crippen LogP contribution in [0.15, 0.2) is 76.9 Å². The Labute approximate surface area is 200 Å². The minimum absolute atomic E-state index is 0.0653. The highest BCUT2D eigenvalue weighted by Gasteiger charge is 2.23. The molecule has 0 saturated carbocycles. The van der Waals surface area contributed by atoms with E-state index in [2.05, 4.69) is 27.2 Å². The van der Waals surface area contributed by atoms with E-state index in [1.807, 2.05) is 18.2 Å². The third kappa shape index (κ3) is 4.73. The summed E-state index contributed by atoms with van der Waals surface area (Å²) < 4.78 is 28.6. The van der Waals surface area contributed by atoms with Crippen molar-refractivity contribution >= 4 is 55.8 Å². The van der Waals surface area contributed by atoms with Gasteiger partial charge in [-0.25, -0.2) is 8.42 Å². The third-order valence-corrected chi connectivity index (χ3v) is 6.92. The molecule has 0 radical (unpaired) electrons. The molecule has 3 aromatic carbocycles. The smallest absolute Gasteiger partial charge is 0.270 e. The maximum atomic E-state index is 13.1. The largest absolute Gasteiger partial charge is 0.360 e. The predicted octanol–water partition coefficient (Wildman–Crippen LogP) is 5.54. The van der Waals surface area contributed by atoms with E-state index < -0.39 is 14.9 Å². The van der Waals surface area contributed by atoms with Crippen LogP contribution in [0.3, 0.4) is 0 Å². The van der Waals surface area contributed by atoms with Crippen molar-refractivity contribution in [2.45, 2.75) is 18.2 Å². The molecule has 1 heterocycles. The fraction of sp³-hybridized carbons (Fsp3) is 0.0870. The Balaban J connectivity index is 1.67. The van der Waals surface area contributed by atoms with Crippen molar-refractivity contribution in [2.24, 2.45) is 5.10 Å². The predicted molar refractivity (Wildman–Crippen MR) is 134 cm³/mol. The number of fused-ring (bicyclic) bond motifs is 1. The number of nitrogens with zero attached hydrogens (tertiary/aromatic N) is 2. The van der Waals surface area contributed by atoms with Crippen LogP contribution >= 0.6 is 11.6 Å². The third-order valence-electron chi connectivity index (χ3n) is 5.19. The molecule has 9 nitrogen and oxygen atoms in total. The zero-order chi connectivity index (χ0) is 24.3. The molecule has 11 heteroatoms. The molecule has 0 fully saturated rings. The first-order valence-corrected chi connectivity index (χ1v) is 12.1. The van der Waals surface area contributed by atoms with Crippen molar-refractivity contribution in [3.05, 3.63) is 93.1 Å². The number of aryl methyl sites for hydroxylation is 1. The van der Waals surface area contributed by atoms with Gasteiger partial charge >= 0.3 is 0 Å². The van der Waals surface area contributed by atoms with Gasteiger partial charge in [0.15, 0.2) is 0 Å². The normalized spacial score (nSPS) is 11.7. The summed E-state index contributed by atoms with van der Waals surface area (Å²) >= 11 is 6.07. The summed E-state index contributed by atoms with van der Waals surface area (Å²) in [4.78, 5) is 13.5. The summed E-state index contributed by atoms with van der Waals surface area (Å²) in [7, 11) is -4.23. The van der Waals surface area contributed by atoms with Crippen molar-refractivity contribution in [1.29, 1.82) is 0 Å².